The zero-order chi connectivity index (χ0) is 9.60. The average Bonchev–Trinajstić information content (AvgIpc) is 2.97. The lowest BCUT2D eigenvalue weighted by atomic mass is 10.2. The topological polar surface area (TPSA) is 46.0 Å². The van der Waals surface area contributed by atoms with E-state index in [-0.39, 0.29) is 0 Å². The second-order valence-corrected chi connectivity index (χ2v) is 3.78. The molecule has 0 saturated heterocycles. The number of benzene rings is 1. The molecule has 3 heteroatoms. The van der Waals surface area contributed by atoms with Gasteiger partial charge in [-0.15, -0.1) is 0 Å². The van der Waals surface area contributed by atoms with Gasteiger partial charge in [-0.3, -0.25) is 4.98 Å². The SMILES string of the molecule is OC1(c2cnc3ccccc3n2)CC1. The lowest BCUT2D eigenvalue weighted by Gasteiger charge is -2.06. The largest absolute Gasteiger partial charge is 0.383 e. The second kappa shape index (κ2) is 2.51. The summed E-state index contributed by atoms with van der Waals surface area (Å²) >= 11 is 0. The van der Waals surface area contributed by atoms with Gasteiger partial charge in [0.05, 0.1) is 22.9 Å². The normalized spacial score (nSPS) is 18.4. The number of aromatic nitrogens is 2. The number of hydrogen-bond acceptors (Lipinski definition) is 3. The van der Waals surface area contributed by atoms with E-state index < -0.39 is 5.60 Å². The molecule has 1 aliphatic carbocycles. The minimum Gasteiger partial charge on any atom is -0.383 e. The Kier molecular flexibility index (Phi) is 1.42. The molecule has 2 aromatic rings. The summed E-state index contributed by atoms with van der Waals surface area (Å²) < 4.78 is 0. The van der Waals surface area contributed by atoms with E-state index in [1.807, 2.05) is 24.3 Å². The molecule has 1 aliphatic rings. The van der Waals surface area contributed by atoms with E-state index in [0.717, 1.165) is 23.9 Å². The fourth-order valence-electron chi connectivity index (χ4n) is 1.56. The minimum atomic E-state index is -0.684. The lowest BCUT2D eigenvalue weighted by Crippen LogP contribution is -2.07. The quantitative estimate of drug-likeness (QED) is 0.736. The number of aliphatic hydroxyl groups is 1. The van der Waals surface area contributed by atoms with Crippen LogP contribution in [0.25, 0.3) is 11.0 Å². The molecule has 1 saturated carbocycles. The van der Waals surface area contributed by atoms with Gasteiger partial charge in [0.15, 0.2) is 0 Å². The summed E-state index contributed by atoms with van der Waals surface area (Å²) in [6.45, 7) is 0. The zero-order valence-electron chi connectivity index (χ0n) is 7.64. The van der Waals surface area contributed by atoms with Gasteiger partial charge in [-0.1, -0.05) is 12.1 Å². The van der Waals surface area contributed by atoms with Crippen molar-refractivity contribution in [2.24, 2.45) is 0 Å². The smallest absolute Gasteiger partial charge is 0.108 e. The van der Waals surface area contributed by atoms with Crippen LogP contribution >= 0.6 is 0 Å². The maximum Gasteiger partial charge on any atom is 0.108 e. The van der Waals surface area contributed by atoms with E-state index in [0.29, 0.717) is 5.69 Å². The van der Waals surface area contributed by atoms with Crippen molar-refractivity contribution in [3.8, 4) is 0 Å². The summed E-state index contributed by atoms with van der Waals surface area (Å²) in [6.07, 6.45) is 3.29. The van der Waals surface area contributed by atoms with E-state index >= 15 is 0 Å². The number of rotatable bonds is 1. The van der Waals surface area contributed by atoms with Crippen molar-refractivity contribution < 1.29 is 5.11 Å². The van der Waals surface area contributed by atoms with Gasteiger partial charge < -0.3 is 5.11 Å². The third kappa shape index (κ3) is 1.09. The Morgan fingerprint density at radius 2 is 1.86 bits per heavy atom. The Morgan fingerprint density at radius 3 is 2.57 bits per heavy atom. The molecule has 1 aromatic heterocycles. The third-order valence-corrected chi connectivity index (χ3v) is 2.65. The fourth-order valence-corrected chi connectivity index (χ4v) is 1.56. The Hall–Kier alpha value is -1.48. The van der Waals surface area contributed by atoms with Crippen molar-refractivity contribution in [1.82, 2.24) is 9.97 Å². The molecule has 0 atom stereocenters. The van der Waals surface area contributed by atoms with Crippen molar-refractivity contribution in [3.63, 3.8) is 0 Å². The molecular formula is C11H10N2O. The zero-order valence-corrected chi connectivity index (χ0v) is 7.64. The van der Waals surface area contributed by atoms with Gasteiger partial charge in [0.1, 0.15) is 5.60 Å². The molecule has 1 aromatic carbocycles. The predicted octanol–water partition coefficient (Wildman–Crippen LogP) is 1.61. The van der Waals surface area contributed by atoms with Crippen molar-refractivity contribution in [2.75, 3.05) is 0 Å². The van der Waals surface area contributed by atoms with Crippen LogP contribution in [0.5, 0.6) is 0 Å². The standard InChI is InChI=1S/C11H10N2O/c14-11(5-6-11)10-7-12-8-3-1-2-4-9(8)13-10/h1-4,7,14H,5-6H2. The van der Waals surface area contributed by atoms with Crippen LogP contribution in [0.2, 0.25) is 0 Å². The Bertz CT molecular complexity index is 491. The second-order valence-electron chi connectivity index (χ2n) is 3.78. The maximum atomic E-state index is 9.86. The van der Waals surface area contributed by atoms with E-state index in [1.54, 1.807) is 6.20 Å². The first kappa shape index (κ1) is 7.88. The molecule has 0 unspecified atom stereocenters. The van der Waals surface area contributed by atoms with E-state index in [2.05, 4.69) is 9.97 Å². The van der Waals surface area contributed by atoms with Crippen LogP contribution in [0.1, 0.15) is 18.5 Å². The highest BCUT2D eigenvalue weighted by Crippen LogP contribution is 2.44. The molecule has 0 amide bonds. The summed E-state index contributed by atoms with van der Waals surface area (Å²) in [5.74, 6) is 0. The first-order valence-corrected chi connectivity index (χ1v) is 4.73. The van der Waals surface area contributed by atoms with E-state index in [4.69, 9.17) is 0 Å². The van der Waals surface area contributed by atoms with Crippen LogP contribution in [0, 0.1) is 0 Å². The fraction of sp³-hybridized carbons (Fsp3) is 0.273. The molecule has 1 heterocycles. The maximum absolute atomic E-state index is 9.86. The van der Waals surface area contributed by atoms with Gasteiger partial charge >= 0.3 is 0 Å². The van der Waals surface area contributed by atoms with E-state index in [1.165, 1.54) is 0 Å². The summed E-state index contributed by atoms with van der Waals surface area (Å²) in [6, 6.07) is 7.70. The molecule has 0 radical (unpaired) electrons. The third-order valence-electron chi connectivity index (χ3n) is 2.65. The van der Waals surface area contributed by atoms with Gasteiger partial charge in [0.2, 0.25) is 0 Å². The van der Waals surface area contributed by atoms with Crippen molar-refractivity contribution in [2.45, 2.75) is 18.4 Å². The molecule has 14 heavy (non-hydrogen) atoms. The summed E-state index contributed by atoms with van der Waals surface area (Å²) in [4.78, 5) is 8.66. The van der Waals surface area contributed by atoms with Crippen LogP contribution in [0.15, 0.2) is 30.5 Å². The molecule has 0 aliphatic heterocycles. The van der Waals surface area contributed by atoms with Gasteiger partial charge in [-0.25, -0.2) is 4.98 Å². The Labute approximate surface area is 81.4 Å². The number of fused-ring (bicyclic) bond motifs is 1. The highest BCUT2D eigenvalue weighted by molar-refractivity contribution is 5.73. The van der Waals surface area contributed by atoms with Crippen LogP contribution < -0.4 is 0 Å². The Morgan fingerprint density at radius 1 is 1.14 bits per heavy atom. The molecule has 1 N–H and O–H groups in total. The van der Waals surface area contributed by atoms with Crippen molar-refractivity contribution in [1.29, 1.82) is 0 Å². The number of nitrogens with zero attached hydrogens (tertiary/aromatic N) is 2. The highest BCUT2D eigenvalue weighted by Gasteiger charge is 2.43. The molecule has 3 nitrogen and oxygen atoms in total. The molecule has 0 bridgehead atoms. The first-order chi connectivity index (χ1) is 6.78. The molecule has 1 fully saturated rings. The summed E-state index contributed by atoms with van der Waals surface area (Å²) in [5.41, 5.74) is 1.75. The highest BCUT2D eigenvalue weighted by atomic mass is 16.3. The van der Waals surface area contributed by atoms with Crippen molar-refractivity contribution >= 4 is 11.0 Å². The van der Waals surface area contributed by atoms with E-state index in [9.17, 15) is 5.11 Å². The number of hydrogen-bond donors (Lipinski definition) is 1. The van der Waals surface area contributed by atoms with Crippen LogP contribution in [0.4, 0.5) is 0 Å². The summed E-state index contributed by atoms with van der Waals surface area (Å²) in [5, 5.41) is 9.86. The molecular weight excluding hydrogens is 176 g/mol. The van der Waals surface area contributed by atoms with Crippen LogP contribution in [-0.4, -0.2) is 15.1 Å². The van der Waals surface area contributed by atoms with Gasteiger partial charge in [0, 0.05) is 0 Å². The van der Waals surface area contributed by atoms with Gasteiger partial charge in [-0.2, -0.15) is 0 Å². The monoisotopic (exact) mass is 186 g/mol. The first-order valence-electron chi connectivity index (χ1n) is 4.73. The lowest BCUT2D eigenvalue weighted by molar-refractivity contribution is 0.146. The summed E-state index contributed by atoms with van der Waals surface area (Å²) in [7, 11) is 0. The molecule has 0 spiro atoms. The molecule has 70 valence electrons. The minimum absolute atomic E-state index is 0.684. The molecule has 3 rings (SSSR count). The average molecular weight is 186 g/mol. The van der Waals surface area contributed by atoms with Crippen LogP contribution in [-0.2, 0) is 5.60 Å². The van der Waals surface area contributed by atoms with Gasteiger partial charge in [-0.05, 0) is 25.0 Å². The predicted molar refractivity (Wildman–Crippen MR) is 52.7 cm³/mol. The Balaban J connectivity index is 2.20. The number of para-hydroxylation sites is 2. The van der Waals surface area contributed by atoms with Gasteiger partial charge in [0.25, 0.3) is 0 Å². The van der Waals surface area contributed by atoms with Crippen LogP contribution in [0.3, 0.4) is 0 Å². The van der Waals surface area contributed by atoms with Crippen molar-refractivity contribution in [3.05, 3.63) is 36.2 Å².